The quantitative estimate of drug-likeness (QED) is 0.757. The van der Waals surface area contributed by atoms with Gasteiger partial charge in [0.1, 0.15) is 6.79 Å². The van der Waals surface area contributed by atoms with Crippen LogP contribution in [0.5, 0.6) is 0 Å². The van der Waals surface area contributed by atoms with E-state index in [1.807, 2.05) is 0 Å². The standard InChI is InChI=1S/C12H22N2O2/c1-4-14-5-2-10(1)12(8-14)13-7-11-3-6-15-9-16-11/h10-13H,1-9H2. The van der Waals surface area contributed by atoms with Crippen LogP contribution in [0.3, 0.4) is 0 Å². The average molecular weight is 226 g/mol. The molecule has 92 valence electrons. The van der Waals surface area contributed by atoms with E-state index >= 15 is 0 Å². The highest BCUT2D eigenvalue weighted by Crippen LogP contribution is 2.27. The zero-order chi connectivity index (χ0) is 10.8. The summed E-state index contributed by atoms with van der Waals surface area (Å²) in [5.41, 5.74) is 0. The average Bonchev–Trinajstić information content (AvgIpc) is 2.39. The summed E-state index contributed by atoms with van der Waals surface area (Å²) < 4.78 is 10.7. The van der Waals surface area contributed by atoms with E-state index in [2.05, 4.69) is 10.2 Å². The molecule has 0 spiro atoms. The van der Waals surface area contributed by atoms with Gasteiger partial charge < -0.3 is 19.7 Å². The van der Waals surface area contributed by atoms with Gasteiger partial charge >= 0.3 is 0 Å². The van der Waals surface area contributed by atoms with Gasteiger partial charge in [-0.15, -0.1) is 0 Å². The number of fused-ring (bicyclic) bond motifs is 3. The molecular formula is C12H22N2O2. The predicted octanol–water partition coefficient (Wildman–Crippen LogP) is 0.433. The molecule has 4 aliphatic heterocycles. The SMILES string of the molecule is C1CC(CNC2CN3CCC2CC3)OCO1. The first-order valence-electron chi connectivity index (χ1n) is 6.57. The maximum Gasteiger partial charge on any atom is 0.147 e. The van der Waals surface area contributed by atoms with Gasteiger partial charge in [-0.05, 0) is 38.3 Å². The second kappa shape index (κ2) is 5.00. The molecule has 2 atom stereocenters. The molecule has 0 aromatic heterocycles. The third-order valence-corrected chi connectivity index (χ3v) is 4.24. The fourth-order valence-electron chi connectivity index (χ4n) is 3.14. The molecule has 0 saturated carbocycles. The van der Waals surface area contributed by atoms with E-state index < -0.39 is 0 Å². The maximum absolute atomic E-state index is 5.55. The van der Waals surface area contributed by atoms with E-state index in [9.17, 15) is 0 Å². The van der Waals surface area contributed by atoms with Gasteiger partial charge in [0.15, 0.2) is 0 Å². The van der Waals surface area contributed by atoms with Crippen LogP contribution in [0.25, 0.3) is 0 Å². The normalized spacial score (nSPS) is 43.5. The monoisotopic (exact) mass is 226 g/mol. The minimum atomic E-state index is 0.365. The lowest BCUT2D eigenvalue weighted by Crippen LogP contribution is -2.57. The molecule has 4 nitrogen and oxygen atoms in total. The van der Waals surface area contributed by atoms with Crippen LogP contribution in [-0.4, -0.2) is 56.6 Å². The smallest absolute Gasteiger partial charge is 0.147 e. The van der Waals surface area contributed by atoms with Crippen molar-refractivity contribution in [3.8, 4) is 0 Å². The number of hydrogen-bond acceptors (Lipinski definition) is 4. The molecule has 4 fully saturated rings. The Hall–Kier alpha value is -0.160. The molecule has 0 aromatic carbocycles. The summed E-state index contributed by atoms with van der Waals surface area (Å²) in [5, 5.41) is 3.70. The minimum absolute atomic E-state index is 0.365. The summed E-state index contributed by atoms with van der Waals surface area (Å²) in [7, 11) is 0. The Balaban J connectivity index is 1.44. The first-order chi connectivity index (χ1) is 7.92. The van der Waals surface area contributed by atoms with Gasteiger partial charge in [0.25, 0.3) is 0 Å². The van der Waals surface area contributed by atoms with Crippen LogP contribution < -0.4 is 5.32 Å². The summed E-state index contributed by atoms with van der Waals surface area (Å²) in [6.07, 6.45) is 4.16. The van der Waals surface area contributed by atoms with Crippen molar-refractivity contribution in [3.63, 3.8) is 0 Å². The van der Waals surface area contributed by atoms with E-state index in [-0.39, 0.29) is 0 Å². The van der Waals surface area contributed by atoms with E-state index in [1.54, 1.807) is 0 Å². The molecular weight excluding hydrogens is 204 g/mol. The van der Waals surface area contributed by atoms with E-state index in [4.69, 9.17) is 9.47 Å². The molecule has 1 N–H and O–H groups in total. The highest BCUT2D eigenvalue weighted by molar-refractivity contribution is 4.91. The number of nitrogens with zero attached hydrogens (tertiary/aromatic N) is 1. The van der Waals surface area contributed by atoms with Crippen LogP contribution >= 0.6 is 0 Å². The van der Waals surface area contributed by atoms with Crippen molar-refractivity contribution in [2.24, 2.45) is 5.92 Å². The van der Waals surface area contributed by atoms with E-state index in [0.717, 1.165) is 25.5 Å². The zero-order valence-corrected chi connectivity index (χ0v) is 9.86. The molecule has 4 aliphatic rings. The van der Waals surface area contributed by atoms with Gasteiger partial charge in [-0.1, -0.05) is 0 Å². The third kappa shape index (κ3) is 2.40. The topological polar surface area (TPSA) is 33.7 Å². The number of piperidine rings is 3. The molecule has 0 aromatic rings. The zero-order valence-electron chi connectivity index (χ0n) is 9.86. The molecule has 4 heterocycles. The summed E-state index contributed by atoms with van der Waals surface area (Å²) in [5.74, 6) is 0.907. The third-order valence-electron chi connectivity index (χ3n) is 4.24. The predicted molar refractivity (Wildman–Crippen MR) is 61.3 cm³/mol. The van der Waals surface area contributed by atoms with Crippen LogP contribution in [0, 0.1) is 5.92 Å². The Bertz CT molecular complexity index is 223. The molecule has 0 radical (unpaired) electrons. The maximum atomic E-state index is 5.55. The van der Waals surface area contributed by atoms with E-state index in [0.29, 0.717) is 18.9 Å². The first-order valence-corrected chi connectivity index (χ1v) is 6.57. The highest BCUT2D eigenvalue weighted by atomic mass is 16.7. The molecule has 2 bridgehead atoms. The van der Waals surface area contributed by atoms with Crippen LogP contribution in [0.4, 0.5) is 0 Å². The van der Waals surface area contributed by atoms with Crippen molar-refractivity contribution in [1.29, 1.82) is 0 Å². The van der Waals surface area contributed by atoms with Crippen molar-refractivity contribution >= 4 is 0 Å². The van der Waals surface area contributed by atoms with Gasteiger partial charge in [-0.3, -0.25) is 0 Å². The number of rotatable bonds is 3. The summed E-state index contributed by atoms with van der Waals surface area (Å²) in [4.78, 5) is 2.59. The molecule has 4 rings (SSSR count). The van der Waals surface area contributed by atoms with Crippen molar-refractivity contribution in [1.82, 2.24) is 10.2 Å². The number of hydrogen-bond donors (Lipinski definition) is 1. The Morgan fingerprint density at radius 1 is 1.19 bits per heavy atom. The fourth-order valence-corrected chi connectivity index (χ4v) is 3.14. The second-order valence-corrected chi connectivity index (χ2v) is 5.26. The number of ether oxygens (including phenoxy) is 2. The van der Waals surface area contributed by atoms with Crippen LogP contribution in [0.2, 0.25) is 0 Å². The lowest BCUT2D eigenvalue weighted by atomic mass is 9.84. The molecule has 16 heavy (non-hydrogen) atoms. The molecule has 4 heteroatoms. The Labute approximate surface area is 97.3 Å². The van der Waals surface area contributed by atoms with E-state index in [1.165, 1.54) is 32.5 Å². The Kier molecular flexibility index (Phi) is 3.43. The largest absolute Gasteiger partial charge is 0.355 e. The Morgan fingerprint density at radius 3 is 2.69 bits per heavy atom. The summed E-state index contributed by atoms with van der Waals surface area (Å²) >= 11 is 0. The molecule has 2 unspecified atom stereocenters. The molecule has 4 saturated heterocycles. The van der Waals surface area contributed by atoms with Gasteiger partial charge in [-0.25, -0.2) is 0 Å². The minimum Gasteiger partial charge on any atom is -0.355 e. The van der Waals surface area contributed by atoms with Crippen molar-refractivity contribution in [3.05, 3.63) is 0 Å². The van der Waals surface area contributed by atoms with Gasteiger partial charge in [0, 0.05) is 19.1 Å². The van der Waals surface area contributed by atoms with Crippen LogP contribution in [-0.2, 0) is 9.47 Å². The van der Waals surface area contributed by atoms with Gasteiger partial charge in [-0.2, -0.15) is 0 Å². The summed E-state index contributed by atoms with van der Waals surface area (Å²) in [6, 6.07) is 0.703. The molecule has 0 aliphatic carbocycles. The lowest BCUT2D eigenvalue weighted by Gasteiger charge is -2.45. The first kappa shape index (κ1) is 11.0. The van der Waals surface area contributed by atoms with Gasteiger partial charge in [0.05, 0.1) is 12.7 Å². The van der Waals surface area contributed by atoms with Gasteiger partial charge in [0.2, 0.25) is 0 Å². The van der Waals surface area contributed by atoms with Crippen LogP contribution in [0.1, 0.15) is 19.3 Å². The van der Waals surface area contributed by atoms with Crippen molar-refractivity contribution in [2.45, 2.75) is 31.4 Å². The van der Waals surface area contributed by atoms with Crippen LogP contribution in [0.15, 0.2) is 0 Å². The fraction of sp³-hybridized carbons (Fsp3) is 1.00. The lowest BCUT2D eigenvalue weighted by molar-refractivity contribution is -0.138. The Morgan fingerprint density at radius 2 is 2.06 bits per heavy atom. The summed E-state index contributed by atoms with van der Waals surface area (Å²) in [6.45, 7) is 6.21. The van der Waals surface area contributed by atoms with Crippen molar-refractivity contribution in [2.75, 3.05) is 39.6 Å². The molecule has 0 amide bonds. The number of nitrogens with one attached hydrogen (secondary N) is 1. The van der Waals surface area contributed by atoms with Crippen molar-refractivity contribution < 1.29 is 9.47 Å². The highest BCUT2D eigenvalue weighted by Gasteiger charge is 2.34. The second-order valence-electron chi connectivity index (χ2n) is 5.26.